The maximum Gasteiger partial charge on any atom is 0.273 e. The molecule has 24 heavy (non-hydrogen) atoms. The van der Waals surface area contributed by atoms with Crippen LogP contribution in [0, 0.1) is 17.0 Å². The average molecular weight is 327 g/mol. The molecule has 0 radical (unpaired) electrons. The van der Waals surface area contributed by atoms with Gasteiger partial charge in [0.2, 0.25) is 0 Å². The molecule has 7 nitrogen and oxygen atoms in total. The van der Waals surface area contributed by atoms with Crippen LogP contribution in [0.2, 0.25) is 0 Å². The molecule has 1 N–H and O–H groups in total. The molecular weight excluding hydrogens is 310 g/mol. The lowest BCUT2D eigenvalue weighted by molar-refractivity contribution is -0.385. The monoisotopic (exact) mass is 327 g/mol. The molecule has 0 aliphatic heterocycles. The summed E-state index contributed by atoms with van der Waals surface area (Å²) in [5.41, 5.74) is 3.71. The van der Waals surface area contributed by atoms with Gasteiger partial charge in [0.1, 0.15) is 5.75 Å². The molecule has 1 amide bonds. The summed E-state index contributed by atoms with van der Waals surface area (Å²) < 4.78 is 5.33. The summed E-state index contributed by atoms with van der Waals surface area (Å²) >= 11 is 0. The molecule has 0 saturated carbocycles. The molecule has 0 bridgehead atoms. The molecule has 2 aromatic carbocycles. The molecule has 0 unspecified atom stereocenters. The summed E-state index contributed by atoms with van der Waals surface area (Å²) in [5.74, 6) is 0.242. The molecule has 0 saturated heterocycles. The number of ether oxygens (including phenoxy) is 1. The van der Waals surface area contributed by atoms with Crippen LogP contribution in [0.5, 0.6) is 5.75 Å². The van der Waals surface area contributed by atoms with Crippen molar-refractivity contribution in [3.8, 4) is 5.75 Å². The number of hydrogen-bond acceptors (Lipinski definition) is 5. The van der Waals surface area contributed by atoms with E-state index < -0.39 is 10.8 Å². The van der Waals surface area contributed by atoms with E-state index in [1.165, 1.54) is 24.4 Å². The van der Waals surface area contributed by atoms with Crippen LogP contribution in [0.1, 0.15) is 28.4 Å². The van der Waals surface area contributed by atoms with Gasteiger partial charge in [0.15, 0.2) is 0 Å². The van der Waals surface area contributed by atoms with Crippen LogP contribution in [0.25, 0.3) is 0 Å². The summed E-state index contributed by atoms with van der Waals surface area (Å²) in [6.07, 6.45) is 1.48. The van der Waals surface area contributed by atoms with Gasteiger partial charge in [-0.1, -0.05) is 6.07 Å². The van der Waals surface area contributed by atoms with Crippen LogP contribution in [-0.4, -0.2) is 23.7 Å². The lowest BCUT2D eigenvalue weighted by Crippen LogP contribution is -2.17. The third kappa shape index (κ3) is 4.39. The molecule has 0 spiro atoms. The Balaban J connectivity index is 2.02. The van der Waals surface area contributed by atoms with Crippen molar-refractivity contribution in [1.29, 1.82) is 0 Å². The van der Waals surface area contributed by atoms with Gasteiger partial charge >= 0.3 is 0 Å². The molecule has 2 rings (SSSR count). The molecule has 0 aromatic heterocycles. The number of amides is 1. The number of hydrazone groups is 1. The van der Waals surface area contributed by atoms with E-state index in [4.69, 9.17) is 4.74 Å². The number of nitrogens with one attached hydrogen (secondary N) is 1. The minimum Gasteiger partial charge on any atom is -0.494 e. The van der Waals surface area contributed by atoms with Crippen molar-refractivity contribution in [1.82, 2.24) is 5.43 Å². The van der Waals surface area contributed by atoms with Crippen molar-refractivity contribution in [3.63, 3.8) is 0 Å². The summed E-state index contributed by atoms with van der Waals surface area (Å²) in [6, 6.07) is 11.5. The second-order valence-corrected chi connectivity index (χ2v) is 4.96. The van der Waals surface area contributed by atoms with E-state index in [1.807, 2.05) is 6.92 Å². The Morgan fingerprint density at radius 3 is 2.62 bits per heavy atom. The summed E-state index contributed by atoms with van der Waals surface area (Å²) in [6.45, 7) is 4.11. The highest BCUT2D eigenvalue weighted by molar-refractivity contribution is 5.95. The number of aryl methyl sites for hydroxylation is 1. The molecule has 0 fully saturated rings. The van der Waals surface area contributed by atoms with Crippen molar-refractivity contribution >= 4 is 17.8 Å². The minimum absolute atomic E-state index is 0.0989. The van der Waals surface area contributed by atoms with Gasteiger partial charge in [-0.2, -0.15) is 5.10 Å². The van der Waals surface area contributed by atoms with E-state index in [2.05, 4.69) is 10.5 Å². The third-order valence-electron chi connectivity index (χ3n) is 3.24. The Labute approximate surface area is 139 Å². The van der Waals surface area contributed by atoms with E-state index in [0.29, 0.717) is 12.2 Å². The van der Waals surface area contributed by atoms with Crippen molar-refractivity contribution in [2.45, 2.75) is 13.8 Å². The van der Waals surface area contributed by atoms with Crippen LogP contribution in [-0.2, 0) is 0 Å². The largest absolute Gasteiger partial charge is 0.494 e. The van der Waals surface area contributed by atoms with Crippen molar-refractivity contribution in [2.75, 3.05) is 6.61 Å². The van der Waals surface area contributed by atoms with E-state index in [-0.39, 0.29) is 11.3 Å². The fourth-order valence-electron chi connectivity index (χ4n) is 1.99. The third-order valence-corrected chi connectivity index (χ3v) is 3.24. The molecular formula is C17H17N3O4. The number of hydrogen-bond donors (Lipinski definition) is 1. The lowest BCUT2D eigenvalue weighted by Gasteiger charge is -2.03. The van der Waals surface area contributed by atoms with Crippen molar-refractivity contribution in [3.05, 3.63) is 69.3 Å². The summed E-state index contributed by atoms with van der Waals surface area (Å²) in [5, 5.41) is 14.8. The second kappa shape index (κ2) is 7.87. The molecule has 0 aliphatic carbocycles. The number of rotatable bonds is 6. The van der Waals surface area contributed by atoms with Gasteiger partial charge in [0.05, 0.1) is 17.7 Å². The lowest BCUT2D eigenvalue weighted by atomic mass is 10.1. The number of carbonyl (C=O) groups excluding carboxylic acids is 1. The highest BCUT2D eigenvalue weighted by atomic mass is 16.6. The zero-order chi connectivity index (χ0) is 17.5. The zero-order valence-electron chi connectivity index (χ0n) is 13.4. The number of nitro benzene ring substituents is 1. The fourth-order valence-corrected chi connectivity index (χ4v) is 1.99. The first-order chi connectivity index (χ1) is 11.5. The van der Waals surface area contributed by atoms with Crippen molar-refractivity contribution < 1.29 is 14.5 Å². The maximum atomic E-state index is 12.0. The van der Waals surface area contributed by atoms with Crippen LogP contribution in [0.3, 0.4) is 0 Å². The van der Waals surface area contributed by atoms with Gasteiger partial charge in [-0.25, -0.2) is 5.43 Å². The second-order valence-electron chi connectivity index (χ2n) is 4.96. The van der Waals surface area contributed by atoms with Gasteiger partial charge in [-0.05, 0) is 49.7 Å². The maximum absolute atomic E-state index is 12.0. The van der Waals surface area contributed by atoms with E-state index >= 15 is 0 Å². The first-order valence-corrected chi connectivity index (χ1v) is 7.32. The van der Waals surface area contributed by atoms with E-state index in [0.717, 1.165) is 11.3 Å². The van der Waals surface area contributed by atoms with Gasteiger partial charge in [-0.3, -0.25) is 14.9 Å². The van der Waals surface area contributed by atoms with Gasteiger partial charge < -0.3 is 4.74 Å². The van der Waals surface area contributed by atoms with Crippen molar-refractivity contribution in [2.24, 2.45) is 5.10 Å². The number of nitro groups is 1. The first kappa shape index (κ1) is 17.1. The van der Waals surface area contributed by atoms with Crippen LogP contribution >= 0.6 is 0 Å². The summed E-state index contributed by atoms with van der Waals surface area (Å²) in [7, 11) is 0. The number of nitrogens with zero attached hydrogens (tertiary/aromatic N) is 2. The quantitative estimate of drug-likeness (QED) is 0.501. The Hall–Kier alpha value is -3.22. The normalized spacial score (nSPS) is 10.6. The highest BCUT2D eigenvalue weighted by Gasteiger charge is 2.14. The predicted molar refractivity (Wildman–Crippen MR) is 90.5 cm³/mol. The smallest absolute Gasteiger partial charge is 0.273 e. The Kier molecular flexibility index (Phi) is 5.62. The highest BCUT2D eigenvalue weighted by Crippen LogP contribution is 2.19. The van der Waals surface area contributed by atoms with E-state index in [9.17, 15) is 14.9 Å². The Morgan fingerprint density at radius 2 is 2.00 bits per heavy atom. The molecule has 0 aliphatic rings. The Bertz CT molecular complexity index is 770. The van der Waals surface area contributed by atoms with Crippen LogP contribution in [0.4, 0.5) is 5.69 Å². The van der Waals surface area contributed by atoms with Gasteiger partial charge in [0, 0.05) is 17.2 Å². The van der Waals surface area contributed by atoms with Gasteiger partial charge in [-0.15, -0.1) is 0 Å². The topological polar surface area (TPSA) is 93.8 Å². The van der Waals surface area contributed by atoms with E-state index in [1.54, 1.807) is 31.2 Å². The minimum atomic E-state index is -0.519. The number of carbonyl (C=O) groups is 1. The van der Waals surface area contributed by atoms with Gasteiger partial charge in [0.25, 0.3) is 11.6 Å². The fraction of sp³-hybridized carbons (Fsp3) is 0.176. The predicted octanol–water partition coefficient (Wildman–Crippen LogP) is 3.07. The summed E-state index contributed by atoms with van der Waals surface area (Å²) in [4.78, 5) is 22.4. The molecule has 0 heterocycles. The average Bonchev–Trinajstić information content (AvgIpc) is 2.56. The SMILES string of the molecule is CCOc1ccc(C=NNC(=O)c2ccc(C)c([N+](=O)[O-])c2)cc1. The standard InChI is InChI=1S/C17H17N3O4/c1-3-24-15-8-5-13(6-9-15)11-18-19-17(21)14-7-4-12(2)16(10-14)20(22)23/h4-11H,3H2,1-2H3,(H,19,21). The van der Waals surface area contributed by atoms with Crippen LogP contribution < -0.4 is 10.2 Å². The molecule has 0 atom stereocenters. The molecule has 7 heteroatoms. The molecule has 124 valence electrons. The molecule has 2 aromatic rings. The van der Waals surface area contributed by atoms with Crippen LogP contribution in [0.15, 0.2) is 47.6 Å². The number of benzene rings is 2. The zero-order valence-corrected chi connectivity index (χ0v) is 13.4. The Morgan fingerprint density at radius 1 is 1.29 bits per heavy atom. The first-order valence-electron chi connectivity index (χ1n) is 7.32.